The average Bonchev–Trinajstić information content (AvgIpc) is 2.40. The van der Waals surface area contributed by atoms with Gasteiger partial charge in [0.1, 0.15) is 11.6 Å². The SMILES string of the molecule is O=C(CCl)Oc1cccc(N2CCCCC2)c1. The summed E-state index contributed by atoms with van der Waals surface area (Å²) in [6.07, 6.45) is 3.76. The molecule has 1 aromatic rings. The van der Waals surface area contributed by atoms with Crippen LogP contribution in [-0.4, -0.2) is 24.9 Å². The second-order valence-corrected chi connectivity index (χ2v) is 4.42. The zero-order valence-corrected chi connectivity index (χ0v) is 10.4. The van der Waals surface area contributed by atoms with Crippen molar-refractivity contribution in [2.45, 2.75) is 19.3 Å². The van der Waals surface area contributed by atoms with Gasteiger partial charge in [0.15, 0.2) is 0 Å². The zero-order chi connectivity index (χ0) is 12.1. The number of anilines is 1. The van der Waals surface area contributed by atoms with Crippen molar-refractivity contribution in [2.75, 3.05) is 23.9 Å². The van der Waals surface area contributed by atoms with Crippen molar-refractivity contribution < 1.29 is 9.53 Å². The lowest BCUT2D eigenvalue weighted by atomic mass is 10.1. The van der Waals surface area contributed by atoms with Crippen LogP contribution < -0.4 is 9.64 Å². The van der Waals surface area contributed by atoms with Gasteiger partial charge in [-0.3, -0.25) is 4.79 Å². The van der Waals surface area contributed by atoms with Gasteiger partial charge in [0.25, 0.3) is 0 Å². The van der Waals surface area contributed by atoms with Crippen LogP contribution in [0.5, 0.6) is 5.75 Å². The average molecular weight is 254 g/mol. The molecule has 1 saturated heterocycles. The van der Waals surface area contributed by atoms with Crippen LogP contribution in [0.2, 0.25) is 0 Å². The number of rotatable bonds is 3. The lowest BCUT2D eigenvalue weighted by Gasteiger charge is -2.28. The summed E-state index contributed by atoms with van der Waals surface area (Å²) in [7, 11) is 0. The van der Waals surface area contributed by atoms with Crippen LogP contribution in [0.3, 0.4) is 0 Å². The van der Waals surface area contributed by atoms with Gasteiger partial charge in [-0.15, -0.1) is 11.6 Å². The smallest absolute Gasteiger partial charge is 0.326 e. The number of ether oxygens (including phenoxy) is 1. The Hall–Kier alpha value is -1.22. The molecule has 0 aliphatic carbocycles. The fourth-order valence-electron chi connectivity index (χ4n) is 2.05. The van der Waals surface area contributed by atoms with E-state index in [9.17, 15) is 4.79 Å². The van der Waals surface area contributed by atoms with E-state index in [1.54, 1.807) is 6.07 Å². The molecule has 0 spiro atoms. The molecule has 1 aliphatic heterocycles. The molecular weight excluding hydrogens is 238 g/mol. The summed E-state index contributed by atoms with van der Waals surface area (Å²) in [6.45, 7) is 2.15. The van der Waals surface area contributed by atoms with E-state index in [-0.39, 0.29) is 5.88 Å². The maximum Gasteiger partial charge on any atom is 0.326 e. The Balaban J connectivity index is 2.07. The lowest BCUT2D eigenvalue weighted by Crippen LogP contribution is -2.29. The number of hydrogen-bond donors (Lipinski definition) is 0. The van der Waals surface area contributed by atoms with E-state index in [0.29, 0.717) is 5.75 Å². The Morgan fingerprint density at radius 2 is 2.06 bits per heavy atom. The van der Waals surface area contributed by atoms with Gasteiger partial charge in [0, 0.05) is 24.8 Å². The molecule has 1 heterocycles. The van der Waals surface area contributed by atoms with E-state index < -0.39 is 5.97 Å². The van der Waals surface area contributed by atoms with E-state index in [1.165, 1.54) is 19.3 Å². The first-order chi connectivity index (χ1) is 8.29. The number of hydrogen-bond acceptors (Lipinski definition) is 3. The molecule has 0 radical (unpaired) electrons. The number of carbonyl (C=O) groups excluding carboxylic acids is 1. The number of benzene rings is 1. The van der Waals surface area contributed by atoms with E-state index in [0.717, 1.165) is 18.8 Å². The highest BCUT2D eigenvalue weighted by molar-refractivity contribution is 6.26. The molecule has 0 atom stereocenters. The number of carbonyl (C=O) groups is 1. The van der Waals surface area contributed by atoms with Gasteiger partial charge in [-0.1, -0.05) is 6.07 Å². The number of alkyl halides is 1. The van der Waals surface area contributed by atoms with Crippen molar-refractivity contribution in [1.82, 2.24) is 0 Å². The first kappa shape index (κ1) is 12.2. The van der Waals surface area contributed by atoms with Gasteiger partial charge in [-0.05, 0) is 31.4 Å². The third kappa shape index (κ3) is 3.37. The molecule has 17 heavy (non-hydrogen) atoms. The highest BCUT2D eigenvalue weighted by Gasteiger charge is 2.12. The highest BCUT2D eigenvalue weighted by atomic mass is 35.5. The quantitative estimate of drug-likeness (QED) is 0.471. The molecule has 4 heteroatoms. The molecule has 0 aromatic heterocycles. The van der Waals surface area contributed by atoms with Crippen molar-refractivity contribution in [1.29, 1.82) is 0 Å². The van der Waals surface area contributed by atoms with E-state index in [4.69, 9.17) is 16.3 Å². The van der Waals surface area contributed by atoms with Crippen molar-refractivity contribution in [3.8, 4) is 5.75 Å². The summed E-state index contributed by atoms with van der Waals surface area (Å²) in [4.78, 5) is 13.4. The lowest BCUT2D eigenvalue weighted by molar-refractivity contribution is -0.131. The Morgan fingerprint density at radius 1 is 1.29 bits per heavy atom. The minimum Gasteiger partial charge on any atom is -0.426 e. The molecule has 2 rings (SSSR count). The summed E-state index contributed by atoms with van der Waals surface area (Å²) in [5.41, 5.74) is 1.12. The molecule has 0 saturated carbocycles. The predicted octanol–water partition coefficient (Wildman–Crippen LogP) is 2.82. The van der Waals surface area contributed by atoms with Gasteiger partial charge in [-0.2, -0.15) is 0 Å². The summed E-state index contributed by atoms with van der Waals surface area (Å²) in [5, 5.41) is 0. The summed E-state index contributed by atoms with van der Waals surface area (Å²) in [6, 6.07) is 7.62. The van der Waals surface area contributed by atoms with Crippen LogP contribution in [0.15, 0.2) is 24.3 Å². The third-order valence-corrected chi connectivity index (χ3v) is 3.10. The molecule has 0 N–H and O–H groups in total. The molecule has 0 bridgehead atoms. The minimum atomic E-state index is -0.414. The summed E-state index contributed by atoms with van der Waals surface area (Å²) in [5.74, 6) is 0.0368. The second-order valence-electron chi connectivity index (χ2n) is 4.15. The molecule has 3 nitrogen and oxygen atoms in total. The Morgan fingerprint density at radius 3 is 2.76 bits per heavy atom. The van der Waals surface area contributed by atoms with Gasteiger partial charge < -0.3 is 9.64 Å². The summed E-state index contributed by atoms with van der Waals surface area (Å²) >= 11 is 5.41. The van der Waals surface area contributed by atoms with Gasteiger partial charge >= 0.3 is 5.97 Å². The molecule has 1 fully saturated rings. The first-order valence-electron chi connectivity index (χ1n) is 5.91. The van der Waals surface area contributed by atoms with Crippen molar-refractivity contribution >= 4 is 23.3 Å². The van der Waals surface area contributed by atoms with Gasteiger partial charge in [-0.25, -0.2) is 0 Å². The fraction of sp³-hybridized carbons (Fsp3) is 0.462. The largest absolute Gasteiger partial charge is 0.426 e. The van der Waals surface area contributed by atoms with Crippen LogP contribution in [0.25, 0.3) is 0 Å². The molecule has 1 aliphatic rings. The van der Waals surface area contributed by atoms with E-state index >= 15 is 0 Å². The van der Waals surface area contributed by atoms with Crippen molar-refractivity contribution in [3.05, 3.63) is 24.3 Å². The van der Waals surface area contributed by atoms with Crippen LogP contribution in [0, 0.1) is 0 Å². The van der Waals surface area contributed by atoms with Crippen molar-refractivity contribution in [3.63, 3.8) is 0 Å². The monoisotopic (exact) mass is 253 g/mol. The molecule has 0 amide bonds. The number of halogens is 1. The van der Waals surface area contributed by atoms with Gasteiger partial charge in [0.05, 0.1) is 0 Å². The molecular formula is C13H16ClNO2. The van der Waals surface area contributed by atoms with Crippen LogP contribution in [-0.2, 0) is 4.79 Å². The Bertz CT molecular complexity index is 389. The van der Waals surface area contributed by atoms with Crippen molar-refractivity contribution in [2.24, 2.45) is 0 Å². The first-order valence-corrected chi connectivity index (χ1v) is 6.45. The number of piperidine rings is 1. The highest BCUT2D eigenvalue weighted by Crippen LogP contribution is 2.24. The van der Waals surface area contributed by atoms with E-state index in [1.807, 2.05) is 18.2 Å². The Kier molecular flexibility index (Phi) is 4.26. The predicted molar refractivity (Wildman–Crippen MR) is 68.9 cm³/mol. The Labute approximate surface area is 106 Å². The zero-order valence-electron chi connectivity index (χ0n) is 9.69. The maximum atomic E-state index is 11.1. The number of nitrogens with zero attached hydrogens (tertiary/aromatic N) is 1. The molecule has 1 aromatic carbocycles. The third-order valence-electron chi connectivity index (χ3n) is 2.88. The summed E-state index contributed by atoms with van der Waals surface area (Å²) < 4.78 is 5.10. The maximum absolute atomic E-state index is 11.1. The molecule has 92 valence electrons. The molecule has 0 unspecified atom stereocenters. The van der Waals surface area contributed by atoms with Gasteiger partial charge in [0.2, 0.25) is 0 Å². The van der Waals surface area contributed by atoms with Crippen LogP contribution >= 0.6 is 11.6 Å². The second kappa shape index (κ2) is 5.92. The van der Waals surface area contributed by atoms with Crippen LogP contribution in [0.4, 0.5) is 5.69 Å². The van der Waals surface area contributed by atoms with E-state index in [2.05, 4.69) is 4.90 Å². The van der Waals surface area contributed by atoms with Crippen LogP contribution in [0.1, 0.15) is 19.3 Å². The standard InChI is InChI=1S/C13H16ClNO2/c14-10-13(16)17-12-6-4-5-11(9-12)15-7-2-1-3-8-15/h4-6,9H,1-3,7-8,10H2. The normalized spacial score (nSPS) is 15.7. The topological polar surface area (TPSA) is 29.5 Å². The number of esters is 1. The fourth-order valence-corrected chi connectivity index (χ4v) is 2.11. The minimum absolute atomic E-state index is 0.117.